The maximum atomic E-state index is 10.7. The maximum Gasteiger partial charge on any atom is 0.269 e. The van der Waals surface area contributed by atoms with Gasteiger partial charge in [-0.2, -0.15) is 0 Å². The first kappa shape index (κ1) is 11.8. The van der Waals surface area contributed by atoms with E-state index >= 15 is 0 Å². The van der Waals surface area contributed by atoms with Gasteiger partial charge < -0.3 is 15.9 Å². The molecule has 92 valence electrons. The van der Waals surface area contributed by atoms with Gasteiger partial charge in [0.2, 0.25) is 0 Å². The fourth-order valence-electron chi connectivity index (χ4n) is 2.40. The second-order valence-electron chi connectivity index (χ2n) is 4.51. The molecule has 1 aliphatic carbocycles. The molecule has 0 radical (unpaired) electrons. The summed E-state index contributed by atoms with van der Waals surface area (Å²) >= 11 is 0. The SMILES string of the molecule is NCC1(c2cc([N+](=O)[O-])ccc2O)CC(O)C1. The standard InChI is InChI=1S/C11H14N2O4/c12-6-11(4-8(14)5-11)9-3-7(13(16)17)1-2-10(9)15/h1-3,8,14-15H,4-6,12H2. The van der Waals surface area contributed by atoms with Crippen molar-refractivity contribution in [1.29, 1.82) is 0 Å². The monoisotopic (exact) mass is 238 g/mol. The number of phenols is 1. The van der Waals surface area contributed by atoms with E-state index in [0.717, 1.165) is 0 Å². The molecule has 0 spiro atoms. The number of nitro groups is 1. The minimum atomic E-state index is -0.532. The third-order valence-corrected chi connectivity index (χ3v) is 3.41. The van der Waals surface area contributed by atoms with Gasteiger partial charge in [0.25, 0.3) is 5.69 Å². The molecule has 0 aliphatic heterocycles. The summed E-state index contributed by atoms with van der Waals surface area (Å²) in [6, 6.07) is 3.89. The molecule has 6 nitrogen and oxygen atoms in total. The Morgan fingerprint density at radius 3 is 2.65 bits per heavy atom. The van der Waals surface area contributed by atoms with E-state index in [0.29, 0.717) is 18.4 Å². The van der Waals surface area contributed by atoms with E-state index in [1.165, 1.54) is 18.2 Å². The van der Waals surface area contributed by atoms with Crippen LogP contribution in [0.25, 0.3) is 0 Å². The Bertz CT molecular complexity index is 455. The third kappa shape index (κ3) is 1.85. The molecular formula is C11H14N2O4. The van der Waals surface area contributed by atoms with Crippen molar-refractivity contribution in [3.63, 3.8) is 0 Å². The van der Waals surface area contributed by atoms with Crippen LogP contribution in [0.1, 0.15) is 18.4 Å². The number of non-ortho nitro benzene ring substituents is 1. The van der Waals surface area contributed by atoms with Gasteiger partial charge in [-0.25, -0.2) is 0 Å². The molecule has 4 N–H and O–H groups in total. The molecule has 1 fully saturated rings. The number of aliphatic hydroxyl groups is 1. The number of aliphatic hydroxyl groups excluding tert-OH is 1. The lowest BCUT2D eigenvalue weighted by Gasteiger charge is -2.45. The first-order valence-corrected chi connectivity index (χ1v) is 5.34. The number of phenolic OH excluding ortho intramolecular Hbond substituents is 1. The number of aromatic hydroxyl groups is 1. The van der Waals surface area contributed by atoms with Crippen molar-refractivity contribution < 1.29 is 15.1 Å². The van der Waals surface area contributed by atoms with E-state index in [1.54, 1.807) is 0 Å². The van der Waals surface area contributed by atoms with Crippen LogP contribution in [0.15, 0.2) is 18.2 Å². The summed E-state index contributed by atoms with van der Waals surface area (Å²) < 4.78 is 0. The largest absolute Gasteiger partial charge is 0.508 e. The Labute approximate surface area is 97.8 Å². The Morgan fingerprint density at radius 1 is 1.53 bits per heavy atom. The van der Waals surface area contributed by atoms with Gasteiger partial charge >= 0.3 is 0 Å². The fourth-order valence-corrected chi connectivity index (χ4v) is 2.40. The summed E-state index contributed by atoms with van der Waals surface area (Å²) in [5.74, 6) is -0.00653. The maximum absolute atomic E-state index is 10.7. The number of benzene rings is 1. The average molecular weight is 238 g/mol. The van der Waals surface area contributed by atoms with E-state index in [9.17, 15) is 20.3 Å². The van der Waals surface area contributed by atoms with Crippen molar-refractivity contribution in [2.24, 2.45) is 5.73 Å². The Kier molecular flexibility index (Phi) is 2.76. The normalized spacial score (nSPS) is 27.5. The predicted molar refractivity (Wildman–Crippen MR) is 60.7 cm³/mol. The zero-order valence-electron chi connectivity index (χ0n) is 9.17. The van der Waals surface area contributed by atoms with E-state index in [1.807, 2.05) is 0 Å². The van der Waals surface area contributed by atoms with Crippen molar-refractivity contribution >= 4 is 5.69 Å². The highest BCUT2D eigenvalue weighted by molar-refractivity contribution is 5.48. The Morgan fingerprint density at radius 2 is 2.18 bits per heavy atom. The Balaban J connectivity index is 2.43. The molecule has 0 amide bonds. The van der Waals surface area contributed by atoms with Gasteiger partial charge in [0.1, 0.15) is 5.75 Å². The van der Waals surface area contributed by atoms with Crippen LogP contribution in [0.2, 0.25) is 0 Å². The summed E-state index contributed by atoms with van der Waals surface area (Å²) in [6.45, 7) is 0.249. The van der Waals surface area contributed by atoms with Gasteiger partial charge in [-0.15, -0.1) is 0 Å². The van der Waals surface area contributed by atoms with Gasteiger partial charge in [0, 0.05) is 29.7 Å². The average Bonchev–Trinajstić information content (AvgIpc) is 2.25. The quantitative estimate of drug-likeness (QED) is 0.529. The molecule has 1 aromatic rings. The second-order valence-corrected chi connectivity index (χ2v) is 4.51. The molecular weight excluding hydrogens is 224 g/mol. The van der Waals surface area contributed by atoms with E-state index in [2.05, 4.69) is 0 Å². The molecule has 17 heavy (non-hydrogen) atoms. The molecule has 0 atom stereocenters. The van der Waals surface area contributed by atoms with Crippen molar-refractivity contribution in [3.05, 3.63) is 33.9 Å². The van der Waals surface area contributed by atoms with Crippen LogP contribution in [0, 0.1) is 10.1 Å². The van der Waals surface area contributed by atoms with Gasteiger partial charge in [-0.05, 0) is 18.9 Å². The van der Waals surface area contributed by atoms with Gasteiger partial charge in [-0.1, -0.05) is 0 Å². The Hall–Kier alpha value is -1.66. The zero-order valence-corrected chi connectivity index (χ0v) is 9.17. The zero-order chi connectivity index (χ0) is 12.6. The molecule has 1 aliphatic rings. The van der Waals surface area contributed by atoms with Crippen LogP contribution in [0.5, 0.6) is 5.75 Å². The first-order chi connectivity index (χ1) is 7.98. The number of nitrogens with two attached hydrogens (primary N) is 1. The van der Waals surface area contributed by atoms with Crippen LogP contribution >= 0.6 is 0 Å². The third-order valence-electron chi connectivity index (χ3n) is 3.41. The van der Waals surface area contributed by atoms with Crippen molar-refractivity contribution in [2.45, 2.75) is 24.4 Å². The highest BCUT2D eigenvalue weighted by Gasteiger charge is 2.45. The fraction of sp³-hybridized carbons (Fsp3) is 0.455. The molecule has 6 heteroatoms. The molecule has 0 saturated heterocycles. The molecule has 0 heterocycles. The van der Waals surface area contributed by atoms with Crippen molar-refractivity contribution in [1.82, 2.24) is 0 Å². The van der Waals surface area contributed by atoms with Crippen LogP contribution < -0.4 is 5.73 Å². The summed E-state index contributed by atoms with van der Waals surface area (Å²) in [6.07, 6.45) is 0.411. The van der Waals surface area contributed by atoms with Gasteiger partial charge in [0.05, 0.1) is 11.0 Å². The minimum Gasteiger partial charge on any atom is -0.508 e. The van der Waals surface area contributed by atoms with Crippen molar-refractivity contribution in [3.8, 4) is 5.75 Å². The van der Waals surface area contributed by atoms with E-state index in [-0.39, 0.29) is 18.0 Å². The smallest absolute Gasteiger partial charge is 0.269 e. The van der Waals surface area contributed by atoms with Crippen LogP contribution in [-0.4, -0.2) is 27.8 Å². The lowest BCUT2D eigenvalue weighted by Crippen LogP contribution is -2.49. The lowest BCUT2D eigenvalue weighted by atomic mass is 9.62. The predicted octanol–water partition coefficient (Wildman–Crippen LogP) is 0.652. The van der Waals surface area contributed by atoms with Crippen molar-refractivity contribution in [2.75, 3.05) is 6.54 Å². The first-order valence-electron chi connectivity index (χ1n) is 5.34. The molecule has 0 unspecified atom stereocenters. The van der Waals surface area contributed by atoms with Gasteiger partial charge in [0.15, 0.2) is 0 Å². The van der Waals surface area contributed by atoms with Crippen LogP contribution in [-0.2, 0) is 5.41 Å². The summed E-state index contributed by atoms with van der Waals surface area (Å²) in [5, 5.41) is 29.8. The molecule has 0 bridgehead atoms. The summed E-state index contributed by atoms with van der Waals surface area (Å²) in [7, 11) is 0. The second kappa shape index (κ2) is 3.97. The lowest BCUT2D eigenvalue weighted by molar-refractivity contribution is -0.385. The van der Waals surface area contributed by atoms with Gasteiger partial charge in [-0.3, -0.25) is 10.1 Å². The van der Waals surface area contributed by atoms with E-state index < -0.39 is 16.4 Å². The number of rotatable bonds is 3. The van der Waals surface area contributed by atoms with E-state index in [4.69, 9.17) is 5.73 Å². The molecule has 2 rings (SSSR count). The summed E-state index contributed by atoms with van der Waals surface area (Å²) in [4.78, 5) is 10.2. The molecule has 1 saturated carbocycles. The topological polar surface area (TPSA) is 110 Å². The molecule has 0 aromatic heterocycles. The number of hydrogen-bond donors (Lipinski definition) is 3. The summed E-state index contributed by atoms with van der Waals surface area (Å²) in [5.41, 5.74) is 5.51. The van der Waals surface area contributed by atoms with Crippen LogP contribution in [0.4, 0.5) is 5.69 Å². The highest BCUT2D eigenvalue weighted by Crippen LogP contribution is 2.47. The molecule has 1 aromatic carbocycles. The van der Waals surface area contributed by atoms with Crippen LogP contribution in [0.3, 0.4) is 0 Å². The number of hydrogen-bond acceptors (Lipinski definition) is 5. The number of nitrogens with zero attached hydrogens (tertiary/aromatic N) is 1. The number of nitro benzene ring substituents is 1. The minimum absolute atomic E-state index is 0.00653. The highest BCUT2D eigenvalue weighted by atomic mass is 16.6.